The quantitative estimate of drug-likeness (QED) is 0.513. The standard InChI is InChI=1S/C23H17N3O2S/c27-21(25-13-12-15-6-4-5-9-20(15)25)16-10-11-18-19(14-16)24-23(29)26(22(18)28)17-7-2-1-3-8-17/h1-11,14H,12-13H2,(H,24,29). The fourth-order valence-electron chi connectivity index (χ4n) is 3.87. The molecule has 1 aliphatic heterocycles. The number of carbonyl (C=O) groups excluding carboxylic acids is 1. The molecule has 2 heterocycles. The van der Waals surface area contributed by atoms with Crippen LogP contribution >= 0.6 is 12.2 Å². The van der Waals surface area contributed by atoms with Gasteiger partial charge < -0.3 is 9.88 Å². The normalized spacial score (nSPS) is 12.9. The van der Waals surface area contributed by atoms with E-state index in [1.54, 1.807) is 23.1 Å². The maximum absolute atomic E-state index is 13.1. The van der Waals surface area contributed by atoms with Crippen molar-refractivity contribution in [3.63, 3.8) is 0 Å². The van der Waals surface area contributed by atoms with Gasteiger partial charge in [-0.2, -0.15) is 0 Å². The number of aromatic nitrogens is 2. The van der Waals surface area contributed by atoms with Crippen LogP contribution in [0.15, 0.2) is 77.6 Å². The van der Waals surface area contributed by atoms with Crippen LogP contribution in [0.5, 0.6) is 0 Å². The summed E-state index contributed by atoms with van der Waals surface area (Å²) in [4.78, 5) is 31.0. The fourth-order valence-corrected chi connectivity index (χ4v) is 4.17. The maximum atomic E-state index is 13.1. The van der Waals surface area contributed by atoms with Gasteiger partial charge in [-0.15, -0.1) is 0 Å². The van der Waals surface area contributed by atoms with Crippen molar-refractivity contribution in [1.29, 1.82) is 0 Å². The van der Waals surface area contributed by atoms with Crippen LogP contribution in [0.2, 0.25) is 0 Å². The molecule has 0 radical (unpaired) electrons. The molecule has 1 aromatic heterocycles. The summed E-state index contributed by atoms with van der Waals surface area (Å²) < 4.78 is 1.76. The second-order valence-corrected chi connectivity index (χ2v) is 7.39. The third kappa shape index (κ3) is 2.89. The van der Waals surface area contributed by atoms with Gasteiger partial charge in [-0.1, -0.05) is 36.4 Å². The van der Waals surface area contributed by atoms with Crippen molar-refractivity contribution in [2.24, 2.45) is 0 Å². The molecule has 1 aliphatic rings. The van der Waals surface area contributed by atoms with E-state index in [0.717, 1.165) is 12.1 Å². The van der Waals surface area contributed by atoms with Crippen LogP contribution in [0.4, 0.5) is 5.69 Å². The summed E-state index contributed by atoms with van der Waals surface area (Å²) in [5.74, 6) is -0.0802. The number of carbonyl (C=O) groups is 1. The molecule has 1 N–H and O–H groups in total. The molecule has 5 rings (SSSR count). The van der Waals surface area contributed by atoms with Crippen molar-refractivity contribution in [3.05, 3.63) is 99.0 Å². The number of para-hydroxylation sites is 2. The van der Waals surface area contributed by atoms with Crippen molar-refractivity contribution in [2.45, 2.75) is 6.42 Å². The van der Waals surface area contributed by atoms with E-state index in [2.05, 4.69) is 4.98 Å². The highest BCUT2D eigenvalue weighted by Gasteiger charge is 2.25. The first-order chi connectivity index (χ1) is 14.1. The zero-order chi connectivity index (χ0) is 20.0. The van der Waals surface area contributed by atoms with Gasteiger partial charge in [0.15, 0.2) is 4.77 Å². The number of nitrogens with zero attached hydrogens (tertiary/aromatic N) is 2. The Bertz CT molecular complexity index is 1370. The smallest absolute Gasteiger partial charge is 0.266 e. The minimum atomic E-state index is -0.208. The Balaban J connectivity index is 1.59. The van der Waals surface area contributed by atoms with Gasteiger partial charge in [0.25, 0.3) is 11.5 Å². The van der Waals surface area contributed by atoms with E-state index < -0.39 is 0 Å². The van der Waals surface area contributed by atoms with Crippen molar-refractivity contribution in [3.8, 4) is 5.69 Å². The van der Waals surface area contributed by atoms with Gasteiger partial charge in [0, 0.05) is 17.8 Å². The minimum absolute atomic E-state index is 0.0802. The lowest BCUT2D eigenvalue weighted by molar-refractivity contribution is 0.0989. The zero-order valence-corrected chi connectivity index (χ0v) is 16.3. The first-order valence-electron chi connectivity index (χ1n) is 9.38. The molecule has 3 aromatic carbocycles. The number of hydrogen-bond donors (Lipinski definition) is 1. The molecule has 0 aliphatic carbocycles. The predicted molar refractivity (Wildman–Crippen MR) is 117 cm³/mol. The molecule has 1 amide bonds. The molecular formula is C23H17N3O2S. The highest BCUT2D eigenvalue weighted by atomic mass is 32.1. The van der Waals surface area contributed by atoms with E-state index in [9.17, 15) is 9.59 Å². The Morgan fingerprint density at radius 3 is 2.55 bits per heavy atom. The van der Waals surface area contributed by atoms with Crippen LogP contribution in [0.1, 0.15) is 15.9 Å². The number of anilines is 1. The van der Waals surface area contributed by atoms with Gasteiger partial charge in [0.2, 0.25) is 0 Å². The van der Waals surface area contributed by atoms with Crippen molar-refractivity contribution < 1.29 is 4.79 Å². The van der Waals surface area contributed by atoms with E-state index >= 15 is 0 Å². The van der Waals surface area contributed by atoms with Gasteiger partial charge >= 0.3 is 0 Å². The van der Waals surface area contributed by atoms with Gasteiger partial charge in [-0.05, 0) is 60.6 Å². The maximum Gasteiger partial charge on any atom is 0.266 e. The molecule has 0 fully saturated rings. The molecule has 142 valence electrons. The summed E-state index contributed by atoms with van der Waals surface area (Å²) >= 11 is 5.43. The largest absolute Gasteiger partial charge is 0.331 e. The number of H-pyrrole nitrogens is 1. The summed E-state index contributed by atoms with van der Waals surface area (Å²) in [6.07, 6.45) is 0.847. The van der Waals surface area contributed by atoms with Crippen molar-refractivity contribution >= 4 is 34.7 Å². The zero-order valence-electron chi connectivity index (χ0n) is 15.5. The Morgan fingerprint density at radius 2 is 1.72 bits per heavy atom. The Labute approximate surface area is 171 Å². The van der Waals surface area contributed by atoms with E-state index in [0.29, 0.717) is 33.5 Å². The molecule has 0 saturated heterocycles. The van der Waals surface area contributed by atoms with Crippen LogP contribution < -0.4 is 10.5 Å². The van der Waals surface area contributed by atoms with Gasteiger partial charge in [-0.3, -0.25) is 14.2 Å². The average molecular weight is 399 g/mol. The average Bonchev–Trinajstić information content (AvgIpc) is 3.18. The first-order valence-corrected chi connectivity index (χ1v) is 9.78. The topological polar surface area (TPSA) is 58.1 Å². The Morgan fingerprint density at radius 1 is 0.966 bits per heavy atom. The molecule has 0 atom stereocenters. The van der Waals surface area contributed by atoms with E-state index in [1.807, 2.05) is 54.6 Å². The lowest BCUT2D eigenvalue weighted by Gasteiger charge is -2.17. The van der Waals surface area contributed by atoms with Crippen LogP contribution in [0, 0.1) is 4.77 Å². The molecule has 0 saturated carbocycles. The Hall–Kier alpha value is -3.51. The van der Waals surface area contributed by atoms with Crippen LogP contribution in [-0.4, -0.2) is 22.0 Å². The number of rotatable bonds is 2. The number of benzene rings is 3. The third-order valence-electron chi connectivity index (χ3n) is 5.29. The number of hydrogen-bond acceptors (Lipinski definition) is 3. The lowest BCUT2D eigenvalue weighted by Crippen LogP contribution is -2.29. The summed E-state index contributed by atoms with van der Waals surface area (Å²) in [5.41, 5.74) is 3.70. The second-order valence-electron chi connectivity index (χ2n) is 7.00. The third-order valence-corrected chi connectivity index (χ3v) is 5.58. The molecule has 5 nitrogen and oxygen atoms in total. The van der Waals surface area contributed by atoms with Gasteiger partial charge in [-0.25, -0.2) is 0 Å². The van der Waals surface area contributed by atoms with E-state index in [4.69, 9.17) is 12.2 Å². The molecule has 0 unspecified atom stereocenters. The number of aromatic amines is 1. The second kappa shape index (κ2) is 6.83. The van der Waals surface area contributed by atoms with E-state index in [1.165, 1.54) is 10.1 Å². The highest BCUT2D eigenvalue weighted by Crippen LogP contribution is 2.29. The number of amides is 1. The summed E-state index contributed by atoms with van der Waals surface area (Å²) in [6.45, 7) is 0.655. The molecule has 29 heavy (non-hydrogen) atoms. The number of fused-ring (bicyclic) bond motifs is 2. The first kappa shape index (κ1) is 17.6. The monoisotopic (exact) mass is 399 g/mol. The number of nitrogens with one attached hydrogen (secondary N) is 1. The molecule has 4 aromatic rings. The van der Waals surface area contributed by atoms with Gasteiger partial charge in [0.1, 0.15) is 0 Å². The lowest BCUT2D eigenvalue weighted by atomic mass is 10.1. The molecular weight excluding hydrogens is 382 g/mol. The summed E-state index contributed by atoms with van der Waals surface area (Å²) in [5, 5.41) is 0.487. The van der Waals surface area contributed by atoms with Crippen LogP contribution in [-0.2, 0) is 6.42 Å². The molecule has 0 bridgehead atoms. The Kier molecular flexibility index (Phi) is 4.14. The van der Waals surface area contributed by atoms with Crippen LogP contribution in [0.25, 0.3) is 16.6 Å². The molecule has 6 heteroatoms. The summed E-state index contributed by atoms with van der Waals surface area (Å²) in [7, 11) is 0. The highest BCUT2D eigenvalue weighted by molar-refractivity contribution is 7.71. The van der Waals surface area contributed by atoms with Crippen molar-refractivity contribution in [1.82, 2.24) is 9.55 Å². The molecule has 0 spiro atoms. The van der Waals surface area contributed by atoms with Crippen LogP contribution in [0.3, 0.4) is 0 Å². The SMILES string of the molecule is O=C(c1ccc2c(=O)n(-c3ccccc3)c(=S)[nH]c2c1)N1CCc2ccccc21. The summed E-state index contributed by atoms with van der Waals surface area (Å²) in [6, 6.07) is 22.3. The minimum Gasteiger partial charge on any atom is -0.331 e. The van der Waals surface area contributed by atoms with Crippen molar-refractivity contribution in [2.75, 3.05) is 11.4 Å². The fraction of sp³-hybridized carbons (Fsp3) is 0.0870. The predicted octanol–water partition coefficient (Wildman–Crippen LogP) is 4.25. The van der Waals surface area contributed by atoms with E-state index in [-0.39, 0.29) is 11.5 Å². The van der Waals surface area contributed by atoms with Gasteiger partial charge in [0.05, 0.1) is 16.6 Å².